The highest BCUT2D eigenvalue weighted by Crippen LogP contribution is 2.35. The molecule has 0 spiro atoms. The van der Waals surface area contributed by atoms with Crippen LogP contribution in [0.4, 0.5) is 5.69 Å². The van der Waals surface area contributed by atoms with Gasteiger partial charge >= 0.3 is 5.97 Å². The molecule has 0 saturated heterocycles. The van der Waals surface area contributed by atoms with Crippen molar-refractivity contribution in [2.24, 2.45) is 0 Å². The monoisotopic (exact) mass is 271 g/mol. The van der Waals surface area contributed by atoms with Crippen LogP contribution in [0, 0.1) is 0 Å². The molecule has 4 heteroatoms. The molecule has 1 rings (SSSR count). The maximum atomic E-state index is 10.8. The first-order valence-corrected chi connectivity index (χ1v) is 5.35. The van der Waals surface area contributed by atoms with E-state index in [4.69, 9.17) is 10.8 Å². The van der Waals surface area contributed by atoms with Crippen molar-refractivity contribution in [3.8, 4) is 0 Å². The van der Waals surface area contributed by atoms with Gasteiger partial charge in [0.15, 0.2) is 0 Å². The Morgan fingerprint density at radius 1 is 1.40 bits per heavy atom. The van der Waals surface area contributed by atoms with Crippen LogP contribution in [-0.4, -0.2) is 11.1 Å². The Morgan fingerprint density at radius 2 is 1.93 bits per heavy atom. The fourth-order valence-electron chi connectivity index (χ4n) is 1.54. The average molecular weight is 272 g/mol. The molecule has 0 bridgehead atoms. The summed E-state index contributed by atoms with van der Waals surface area (Å²) in [5, 5.41) is 8.85. The third-order valence-electron chi connectivity index (χ3n) is 2.12. The molecule has 82 valence electrons. The van der Waals surface area contributed by atoms with Gasteiger partial charge in [-0.05, 0) is 23.1 Å². The van der Waals surface area contributed by atoms with Crippen molar-refractivity contribution < 1.29 is 9.90 Å². The van der Waals surface area contributed by atoms with E-state index in [1.165, 1.54) is 6.07 Å². The molecule has 3 N–H and O–H groups in total. The van der Waals surface area contributed by atoms with Gasteiger partial charge in [-0.2, -0.15) is 0 Å². The Morgan fingerprint density at radius 3 is 2.27 bits per heavy atom. The Labute approximate surface area is 97.4 Å². The maximum absolute atomic E-state index is 10.8. The lowest BCUT2D eigenvalue weighted by Gasteiger charge is -2.23. The van der Waals surface area contributed by atoms with Crippen molar-refractivity contribution in [2.75, 3.05) is 5.73 Å². The molecule has 3 nitrogen and oxygen atoms in total. The van der Waals surface area contributed by atoms with Gasteiger partial charge in [-0.25, -0.2) is 4.79 Å². The van der Waals surface area contributed by atoms with Gasteiger partial charge < -0.3 is 10.8 Å². The van der Waals surface area contributed by atoms with E-state index in [9.17, 15) is 4.79 Å². The number of carbonyl (C=O) groups is 1. The number of hydrogen-bond acceptors (Lipinski definition) is 2. The fraction of sp³-hybridized carbons (Fsp3) is 0.364. The van der Waals surface area contributed by atoms with Crippen molar-refractivity contribution >= 4 is 27.6 Å². The van der Waals surface area contributed by atoms with Gasteiger partial charge in [-0.1, -0.05) is 36.7 Å². The van der Waals surface area contributed by atoms with Gasteiger partial charge in [0.25, 0.3) is 0 Å². The summed E-state index contributed by atoms with van der Waals surface area (Å²) in [5.74, 6) is -0.970. The van der Waals surface area contributed by atoms with E-state index >= 15 is 0 Å². The molecular formula is C11H14BrNO2. The van der Waals surface area contributed by atoms with Crippen molar-refractivity contribution in [3.63, 3.8) is 0 Å². The molecule has 0 radical (unpaired) electrons. The number of nitrogens with two attached hydrogens (primary N) is 1. The van der Waals surface area contributed by atoms with Crippen molar-refractivity contribution in [1.82, 2.24) is 0 Å². The zero-order chi connectivity index (χ0) is 11.8. The highest BCUT2D eigenvalue weighted by molar-refractivity contribution is 9.10. The molecule has 0 fully saturated rings. The minimum atomic E-state index is -0.970. The summed E-state index contributed by atoms with van der Waals surface area (Å²) in [6.07, 6.45) is 0. The second-order valence-electron chi connectivity index (χ2n) is 4.48. The predicted octanol–water partition coefficient (Wildman–Crippen LogP) is 3.03. The molecule has 0 amide bonds. The molecule has 0 aliphatic rings. The van der Waals surface area contributed by atoms with Crippen LogP contribution in [0.15, 0.2) is 16.6 Å². The third-order valence-corrected chi connectivity index (χ3v) is 2.74. The molecule has 1 aromatic rings. The van der Waals surface area contributed by atoms with Crippen molar-refractivity contribution in [2.45, 2.75) is 26.2 Å². The lowest BCUT2D eigenvalue weighted by molar-refractivity contribution is 0.0697. The van der Waals surface area contributed by atoms with Gasteiger partial charge in [0, 0.05) is 10.2 Å². The Kier molecular flexibility index (Phi) is 3.09. The number of hydrogen-bond donors (Lipinski definition) is 2. The topological polar surface area (TPSA) is 63.3 Å². The number of nitrogen functional groups attached to an aromatic ring is 1. The Bertz CT molecular complexity index is 385. The van der Waals surface area contributed by atoms with E-state index in [-0.39, 0.29) is 11.0 Å². The van der Waals surface area contributed by atoms with Crippen LogP contribution in [0.1, 0.15) is 36.7 Å². The summed E-state index contributed by atoms with van der Waals surface area (Å²) in [5.41, 5.74) is 7.39. The summed E-state index contributed by atoms with van der Waals surface area (Å²) in [6.45, 7) is 6.09. The summed E-state index contributed by atoms with van der Waals surface area (Å²) in [4.78, 5) is 10.8. The van der Waals surface area contributed by atoms with Gasteiger partial charge in [-0.15, -0.1) is 0 Å². The first-order chi connectivity index (χ1) is 6.73. The standard InChI is InChI=1S/C11H14BrNO2/c1-11(2,3)9-7(12)4-6(10(14)15)5-8(9)13/h4-5H,13H2,1-3H3,(H,14,15). The largest absolute Gasteiger partial charge is 0.478 e. The van der Waals surface area contributed by atoms with Gasteiger partial charge in [-0.3, -0.25) is 0 Å². The molecule has 15 heavy (non-hydrogen) atoms. The van der Waals surface area contributed by atoms with Crippen LogP contribution >= 0.6 is 15.9 Å². The summed E-state index contributed by atoms with van der Waals surface area (Å²) in [6, 6.07) is 3.08. The molecule has 0 saturated carbocycles. The van der Waals surface area contributed by atoms with Crippen LogP contribution in [-0.2, 0) is 5.41 Å². The molecule has 0 atom stereocenters. The predicted molar refractivity (Wildman–Crippen MR) is 64.2 cm³/mol. The normalized spacial score (nSPS) is 11.5. The highest BCUT2D eigenvalue weighted by Gasteiger charge is 2.21. The van der Waals surface area contributed by atoms with Crippen LogP contribution < -0.4 is 5.73 Å². The van der Waals surface area contributed by atoms with E-state index in [1.807, 2.05) is 20.8 Å². The molecule has 0 unspecified atom stereocenters. The highest BCUT2D eigenvalue weighted by atomic mass is 79.9. The van der Waals surface area contributed by atoms with Gasteiger partial charge in [0.05, 0.1) is 5.56 Å². The number of aromatic carboxylic acids is 1. The molecule has 0 aromatic heterocycles. The lowest BCUT2D eigenvalue weighted by atomic mass is 9.85. The third kappa shape index (κ3) is 2.50. The Hall–Kier alpha value is -1.03. The Balaban J connectivity index is 3.41. The molecule has 0 aliphatic heterocycles. The minimum Gasteiger partial charge on any atom is -0.478 e. The smallest absolute Gasteiger partial charge is 0.335 e. The molecular weight excluding hydrogens is 258 g/mol. The zero-order valence-electron chi connectivity index (χ0n) is 8.97. The zero-order valence-corrected chi connectivity index (χ0v) is 10.6. The summed E-state index contributed by atoms with van der Waals surface area (Å²) in [7, 11) is 0. The maximum Gasteiger partial charge on any atom is 0.335 e. The molecule has 0 heterocycles. The minimum absolute atomic E-state index is 0.111. The van der Waals surface area contributed by atoms with E-state index in [0.29, 0.717) is 5.69 Å². The van der Waals surface area contributed by atoms with Crippen molar-refractivity contribution in [1.29, 1.82) is 0 Å². The number of carboxylic acids is 1. The number of halogens is 1. The first-order valence-electron chi connectivity index (χ1n) is 4.56. The van der Waals surface area contributed by atoms with E-state index < -0.39 is 5.97 Å². The second-order valence-corrected chi connectivity index (χ2v) is 5.33. The van der Waals surface area contributed by atoms with Gasteiger partial charge in [0.1, 0.15) is 0 Å². The van der Waals surface area contributed by atoms with Gasteiger partial charge in [0.2, 0.25) is 0 Å². The number of benzene rings is 1. The molecule has 1 aromatic carbocycles. The number of rotatable bonds is 1. The van der Waals surface area contributed by atoms with Crippen LogP contribution in [0.5, 0.6) is 0 Å². The van der Waals surface area contributed by atoms with E-state index in [2.05, 4.69) is 15.9 Å². The summed E-state index contributed by atoms with van der Waals surface area (Å²) >= 11 is 3.36. The van der Waals surface area contributed by atoms with E-state index in [0.717, 1.165) is 10.0 Å². The van der Waals surface area contributed by atoms with Crippen molar-refractivity contribution in [3.05, 3.63) is 27.7 Å². The second kappa shape index (κ2) is 3.85. The number of anilines is 1. The van der Waals surface area contributed by atoms with Crippen LogP contribution in [0.25, 0.3) is 0 Å². The SMILES string of the molecule is CC(C)(C)c1c(N)cc(C(=O)O)cc1Br. The summed E-state index contributed by atoms with van der Waals surface area (Å²) < 4.78 is 0.743. The molecule has 0 aliphatic carbocycles. The fourth-order valence-corrected chi connectivity index (χ4v) is 2.61. The average Bonchev–Trinajstić information content (AvgIpc) is 1.99. The van der Waals surface area contributed by atoms with Crippen LogP contribution in [0.2, 0.25) is 0 Å². The lowest BCUT2D eigenvalue weighted by Crippen LogP contribution is -2.15. The first kappa shape index (κ1) is 12.0. The van der Waals surface area contributed by atoms with E-state index in [1.54, 1.807) is 6.07 Å². The quantitative estimate of drug-likeness (QED) is 0.772. The van der Waals surface area contributed by atoms with Crippen LogP contribution in [0.3, 0.4) is 0 Å². The number of carboxylic acid groups (broad SMARTS) is 1.